The molecule has 0 aromatic carbocycles. The van der Waals surface area contributed by atoms with Gasteiger partial charge >= 0.3 is 10.1 Å². The molecular weight excluding hydrogens is 188 g/mol. The summed E-state index contributed by atoms with van der Waals surface area (Å²) in [5.74, 6) is 0. The van der Waals surface area contributed by atoms with E-state index >= 15 is 0 Å². The first-order chi connectivity index (χ1) is 6.00. The highest BCUT2D eigenvalue weighted by Gasteiger charge is 2.08. The number of hydrogen-bond acceptors (Lipinski definition) is 2. The Morgan fingerprint density at radius 2 is 1.85 bits per heavy atom. The first-order valence-electron chi connectivity index (χ1n) is 3.54. The fourth-order valence-corrected chi connectivity index (χ4v) is 1.21. The molecular formula is C9H8O3S. The van der Waals surface area contributed by atoms with Crippen LogP contribution in [0.2, 0.25) is 0 Å². The van der Waals surface area contributed by atoms with Gasteiger partial charge in [-0.2, -0.15) is 8.42 Å². The first kappa shape index (κ1) is 9.78. The quantitative estimate of drug-likeness (QED) is 0.511. The highest BCUT2D eigenvalue weighted by Crippen LogP contribution is 2.07. The Bertz CT molecular complexity index is 465. The summed E-state index contributed by atoms with van der Waals surface area (Å²) in [7, 11) is -4.16. The summed E-state index contributed by atoms with van der Waals surface area (Å²) in [4.78, 5) is -0.246. The van der Waals surface area contributed by atoms with E-state index in [1.54, 1.807) is 13.0 Å². The van der Waals surface area contributed by atoms with Gasteiger partial charge in [0, 0.05) is 0 Å². The third kappa shape index (κ3) is 2.90. The highest BCUT2D eigenvalue weighted by molar-refractivity contribution is 7.90. The normalized spacial score (nSPS) is 16.2. The van der Waals surface area contributed by atoms with E-state index in [0.717, 1.165) is 5.57 Å². The molecule has 1 rings (SSSR count). The zero-order valence-corrected chi connectivity index (χ0v) is 7.80. The van der Waals surface area contributed by atoms with Gasteiger partial charge in [0.2, 0.25) is 0 Å². The van der Waals surface area contributed by atoms with E-state index in [1.165, 1.54) is 18.2 Å². The molecule has 0 aromatic heterocycles. The number of hydrogen-bond donors (Lipinski definition) is 1. The van der Waals surface area contributed by atoms with Gasteiger partial charge in [-0.05, 0) is 36.8 Å². The van der Waals surface area contributed by atoms with Crippen LogP contribution in [-0.4, -0.2) is 13.0 Å². The fourth-order valence-electron chi connectivity index (χ4n) is 0.754. The molecule has 0 atom stereocenters. The second-order valence-electron chi connectivity index (χ2n) is 2.48. The summed E-state index contributed by atoms with van der Waals surface area (Å²) >= 11 is 0. The van der Waals surface area contributed by atoms with Crippen molar-refractivity contribution >= 4 is 10.1 Å². The molecule has 0 heterocycles. The Hall–Kier alpha value is -1.31. The third-order valence-corrected chi connectivity index (χ3v) is 2.19. The molecule has 0 spiro atoms. The molecule has 0 amide bonds. The summed E-state index contributed by atoms with van der Waals surface area (Å²) < 4.78 is 30.1. The minimum Gasteiger partial charge on any atom is -0.281 e. The molecule has 1 aliphatic carbocycles. The van der Waals surface area contributed by atoms with Crippen LogP contribution in [0.1, 0.15) is 6.92 Å². The van der Waals surface area contributed by atoms with Crippen molar-refractivity contribution in [2.24, 2.45) is 0 Å². The second kappa shape index (κ2) is 3.60. The van der Waals surface area contributed by atoms with E-state index in [4.69, 9.17) is 4.55 Å². The van der Waals surface area contributed by atoms with Gasteiger partial charge in [-0.1, -0.05) is 5.73 Å². The van der Waals surface area contributed by atoms with Crippen LogP contribution in [-0.2, 0) is 10.1 Å². The number of rotatable bonds is 1. The van der Waals surface area contributed by atoms with Crippen molar-refractivity contribution in [2.45, 2.75) is 6.92 Å². The van der Waals surface area contributed by atoms with Crippen LogP contribution < -0.4 is 0 Å². The summed E-state index contributed by atoms with van der Waals surface area (Å²) in [6, 6.07) is 0. The van der Waals surface area contributed by atoms with Crippen LogP contribution in [0, 0.1) is 0 Å². The van der Waals surface area contributed by atoms with Gasteiger partial charge in [-0.3, -0.25) is 4.55 Å². The molecule has 13 heavy (non-hydrogen) atoms. The molecule has 3 nitrogen and oxygen atoms in total. The van der Waals surface area contributed by atoms with Crippen molar-refractivity contribution in [3.63, 3.8) is 0 Å². The maximum atomic E-state index is 10.7. The van der Waals surface area contributed by atoms with Crippen molar-refractivity contribution in [2.75, 3.05) is 0 Å². The average molecular weight is 196 g/mol. The van der Waals surface area contributed by atoms with Gasteiger partial charge in [0.25, 0.3) is 0 Å². The Labute approximate surface area is 76.8 Å². The molecule has 0 fully saturated rings. The van der Waals surface area contributed by atoms with E-state index in [9.17, 15) is 8.42 Å². The largest absolute Gasteiger partial charge is 0.301 e. The summed E-state index contributed by atoms with van der Waals surface area (Å²) in [6.45, 7) is 1.77. The number of allylic oxidation sites excluding steroid dienone is 3. The molecule has 0 radical (unpaired) electrons. The van der Waals surface area contributed by atoms with Crippen molar-refractivity contribution in [3.05, 3.63) is 46.2 Å². The zero-order valence-electron chi connectivity index (χ0n) is 6.98. The maximum Gasteiger partial charge on any atom is 0.301 e. The van der Waals surface area contributed by atoms with Gasteiger partial charge in [0.05, 0.1) is 0 Å². The molecule has 1 N–H and O–H groups in total. The van der Waals surface area contributed by atoms with E-state index in [0.29, 0.717) is 0 Å². The molecule has 0 bridgehead atoms. The minimum atomic E-state index is -4.16. The van der Waals surface area contributed by atoms with Crippen LogP contribution >= 0.6 is 0 Å². The Kier molecular flexibility index (Phi) is 2.71. The van der Waals surface area contributed by atoms with Gasteiger partial charge < -0.3 is 0 Å². The lowest BCUT2D eigenvalue weighted by Crippen LogP contribution is -1.98. The Morgan fingerprint density at radius 3 is 2.46 bits per heavy atom. The van der Waals surface area contributed by atoms with Crippen molar-refractivity contribution in [3.8, 4) is 0 Å². The lowest BCUT2D eigenvalue weighted by Gasteiger charge is -1.93. The molecule has 0 saturated carbocycles. The van der Waals surface area contributed by atoms with Gasteiger partial charge in [0.1, 0.15) is 4.91 Å². The Morgan fingerprint density at radius 1 is 1.23 bits per heavy atom. The van der Waals surface area contributed by atoms with E-state index in [-0.39, 0.29) is 4.91 Å². The average Bonchev–Trinajstić information content (AvgIpc) is 1.94. The topological polar surface area (TPSA) is 54.4 Å². The van der Waals surface area contributed by atoms with Crippen LogP contribution in [0.4, 0.5) is 0 Å². The van der Waals surface area contributed by atoms with E-state index in [1.807, 2.05) is 0 Å². The molecule has 68 valence electrons. The van der Waals surface area contributed by atoms with E-state index in [2.05, 4.69) is 11.5 Å². The molecule has 0 aliphatic heterocycles. The molecule has 0 unspecified atom stereocenters. The van der Waals surface area contributed by atoms with Crippen LogP contribution in [0.15, 0.2) is 46.2 Å². The van der Waals surface area contributed by atoms with Gasteiger partial charge in [-0.25, -0.2) is 0 Å². The predicted octanol–water partition coefficient (Wildman–Crippen LogP) is 1.58. The minimum absolute atomic E-state index is 0.246. The lowest BCUT2D eigenvalue weighted by atomic mass is 10.2. The molecule has 0 saturated heterocycles. The van der Waals surface area contributed by atoms with Crippen molar-refractivity contribution in [1.82, 2.24) is 0 Å². The summed E-state index contributed by atoms with van der Waals surface area (Å²) in [5, 5.41) is 0. The predicted molar refractivity (Wildman–Crippen MR) is 49.6 cm³/mol. The Balaban J connectivity index is 3.29. The highest BCUT2D eigenvalue weighted by atomic mass is 32.2. The van der Waals surface area contributed by atoms with Gasteiger partial charge in [-0.15, -0.1) is 5.73 Å². The molecule has 0 aromatic rings. The summed E-state index contributed by atoms with van der Waals surface area (Å²) in [5.41, 5.74) is 6.05. The van der Waals surface area contributed by atoms with Crippen molar-refractivity contribution < 1.29 is 13.0 Å². The lowest BCUT2D eigenvalue weighted by molar-refractivity contribution is 0.492. The third-order valence-electron chi connectivity index (χ3n) is 1.38. The standard InChI is InChI=1S/C9H8O3S/c1-8-4-2-3-5-9(7-6-8)13(10,11)12/h2-3,6-7H,1H3,(H,10,11,12). The van der Waals surface area contributed by atoms with Crippen molar-refractivity contribution in [1.29, 1.82) is 0 Å². The fraction of sp³-hybridized carbons (Fsp3) is 0.111. The zero-order chi connectivity index (χ0) is 9.90. The van der Waals surface area contributed by atoms with Crippen LogP contribution in [0.3, 0.4) is 0 Å². The SMILES string of the molecule is CC1=C=CC=C=C(S(=O)(=O)O)C=C1. The van der Waals surface area contributed by atoms with Crippen LogP contribution in [0.5, 0.6) is 0 Å². The maximum absolute atomic E-state index is 10.7. The first-order valence-corrected chi connectivity index (χ1v) is 4.98. The summed E-state index contributed by atoms with van der Waals surface area (Å²) in [6.07, 6.45) is 5.74. The van der Waals surface area contributed by atoms with Crippen LogP contribution in [0.25, 0.3) is 0 Å². The second-order valence-corrected chi connectivity index (χ2v) is 3.87. The molecule has 1 aliphatic rings. The van der Waals surface area contributed by atoms with Gasteiger partial charge in [0.15, 0.2) is 0 Å². The smallest absolute Gasteiger partial charge is 0.281 e. The monoisotopic (exact) mass is 196 g/mol. The van der Waals surface area contributed by atoms with E-state index < -0.39 is 10.1 Å². The molecule has 4 heteroatoms.